The van der Waals surface area contributed by atoms with Gasteiger partial charge in [0.2, 0.25) is 5.82 Å². The van der Waals surface area contributed by atoms with Gasteiger partial charge < -0.3 is 48.9 Å². The first kappa shape index (κ1) is 51.6. The average Bonchev–Trinajstić information content (AvgIpc) is 3.79. The summed E-state index contributed by atoms with van der Waals surface area (Å²) in [4.78, 5) is 63.9. The third-order valence-corrected chi connectivity index (χ3v) is 11.1. The number of hydrogen-bond donors (Lipinski definition) is 3. The Morgan fingerprint density at radius 1 is 0.951 bits per heavy atom. The van der Waals surface area contributed by atoms with E-state index in [4.69, 9.17) is 28.4 Å². The second-order valence-corrected chi connectivity index (χ2v) is 17.5. The van der Waals surface area contributed by atoms with Gasteiger partial charge in [-0.2, -0.15) is 4.37 Å². The van der Waals surface area contributed by atoms with Crippen LogP contribution in [-0.2, 0) is 47.7 Å². The van der Waals surface area contributed by atoms with Crippen LogP contribution in [0.15, 0.2) is 12.2 Å². The number of esters is 5. The third-order valence-electron chi connectivity index (χ3n) is 10.6. The van der Waals surface area contributed by atoms with Crippen LogP contribution in [0.25, 0.3) is 0 Å². The second-order valence-electron chi connectivity index (χ2n) is 16.9. The molecule has 2 heterocycles. The molecule has 2 fully saturated rings. The molecule has 1 aliphatic carbocycles. The Morgan fingerprint density at radius 2 is 1.67 bits per heavy atom. The zero-order valence-electron chi connectivity index (χ0n) is 37.0. The Morgan fingerprint density at radius 3 is 2.38 bits per heavy atom. The Kier molecular flexibility index (Phi) is 23.2. The van der Waals surface area contributed by atoms with E-state index < -0.39 is 73.2 Å². The summed E-state index contributed by atoms with van der Waals surface area (Å²) in [6.45, 7) is 13.4. The predicted octanol–water partition coefficient (Wildman–Crippen LogP) is 4.99. The van der Waals surface area contributed by atoms with Crippen LogP contribution in [0.2, 0.25) is 0 Å². The number of hydrogen-bond acceptors (Lipinski definition) is 18. The van der Waals surface area contributed by atoms with E-state index in [1.807, 2.05) is 37.8 Å². The largest absolute Gasteiger partial charge is 0.470 e. The summed E-state index contributed by atoms with van der Waals surface area (Å²) in [5.74, 6) is -2.95. The van der Waals surface area contributed by atoms with Gasteiger partial charge in [-0.1, -0.05) is 44.8 Å². The van der Waals surface area contributed by atoms with Crippen molar-refractivity contribution in [3.05, 3.63) is 12.2 Å². The van der Waals surface area contributed by atoms with Crippen molar-refractivity contribution >= 4 is 47.4 Å². The number of morpholine rings is 1. The number of nitrogens with one attached hydrogen (secondary N) is 1. The molecule has 1 aliphatic heterocycles. The third kappa shape index (κ3) is 20.4. The molecule has 7 atom stereocenters. The van der Waals surface area contributed by atoms with Gasteiger partial charge in [0.25, 0.3) is 5.88 Å². The van der Waals surface area contributed by atoms with E-state index >= 15 is 0 Å². The molecule has 3 rings (SSSR count). The summed E-state index contributed by atoms with van der Waals surface area (Å²) in [6.07, 6.45) is 7.62. The molecule has 0 bridgehead atoms. The first-order valence-corrected chi connectivity index (χ1v) is 22.6. The first-order valence-electron chi connectivity index (χ1n) is 21.9. The lowest BCUT2D eigenvalue weighted by molar-refractivity contribution is -0.171. The van der Waals surface area contributed by atoms with Crippen LogP contribution >= 0.6 is 11.7 Å². The molecule has 0 amide bonds. The van der Waals surface area contributed by atoms with Crippen LogP contribution < -0.4 is 15.0 Å². The summed E-state index contributed by atoms with van der Waals surface area (Å²) < 4.78 is 41.3. The second kappa shape index (κ2) is 27.4. The number of rotatable bonds is 27. The number of carbonyl (C=O) groups is 5. The molecular formula is C43H70N4O13S. The van der Waals surface area contributed by atoms with Crippen molar-refractivity contribution in [1.82, 2.24) is 14.1 Å². The Balaban J connectivity index is 1.37. The monoisotopic (exact) mass is 882 g/mol. The number of allylic oxidation sites excluding steroid dienone is 2. The van der Waals surface area contributed by atoms with Crippen molar-refractivity contribution in [3.8, 4) is 5.88 Å². The fraction of sp³-hybridized carbons (Fsp3) is 0.791. The summed E-state index contributed by atoms with van der Waals surface area (Å²) in [5, 5.41) is 24.6. The maximum absolute atomic E-state index is 13.0. The lowest BCUT2D eigenvalue weighted by atomic mass is 9.85. The van der Waals surface area contributed by atoms with Gasteiger partial charge in [-0.3, -0.25) is 19.2 Å². The van der Waals surface area contributed by atoms with Crippen LogP contribution in [0.4, 0.5) is 5.82 Å². The Hall–Kier alpha value is -3.71. The summed E-state index contributed by atoms with van der Waals surface area (Å²) in [6, 6.07) is 0. The molecule has 2 aliphatic rings. The maximum atomic E-state index is 13.0. The highest BCUT2D eigenvalue weighted by Crippen LogP contribution is 2.40. The van der Waals surface area contributed by atoms with E-state index in [1.54, 1.807) is 0 Å². The van der Waals surface area contributed by atoms with E-state index in [1.165, 1.54) is 13.8 Å². The molecule has 0 radical (unpaired) electrons. The van der Waals surface area contributed by atoms with Crippen LogP contribution in [-0.4, -0.2) is 124 Å². The van der Waals surface area contributed by atoms with Gasteiger partial charge in [-0.15, -0.1) is 4.37 Å². The smallest absolute Gasteiger partial charge is 0.347 e. The van der Waals surface area contributed by atoms with E-state index in [0.717, 1.165) is 43.8 Å². The van der Waals surface area contributed by atoms with Crippen molar-refractivity contribution in [3.63, 3.8) is 0 Å². The SMILES string of the molecule is CCCCCC[C@@H](O)CC[C@H]1[C@H](C/C=C\CCCC(=O)OC(=O)CCC(=O)OC(C)C(=O)OC(CNC(C)(C)C)COc2nsnc2N2CCOCC2)[C@H](OC(C)=O)C[C@@H]1O. The number of aromatic nitrogens is 2. The normalized spacial score (nSPS) is 20.8. The lowest BCUT2D eigenvalue weighted by Gasteiger charge is -2.28. The van der Waals surface area contributed by atoms with Crippen LogP contribution in [0.3, 0.4) is 0 Å². The highest BCUT2D eigenvalue weighted by Gasteiger charge is 2.43. The molecule has 18 heteroatoms. The molecule has 1 saturated carbocycles. The van der Waals surface area contributed by atoms with Crippen LogP contribution in [0, 0.1) is 11.8 Å². The van der Waals surface area contributed by atoms with E-state index in [-0.39, 0.29) is 36.9 Å². The van der Waals surface area contributed by atoms with Crippen molar-refractivity contribution in [2.75, 3.05) is 44.4 Å². The zero-order valence-corrected chi connectivity index (χ0v) is 37.8. The number of anilines is 1. The van der Waals surface area contributed by atoms with Crippen LogP contribution in [0.5, 0.6) is 5.88 Å². The molecule has 1 aromatic rings. The van der Waals surface area contributed by atoms with Crippen molar-refractivity contribution in [1.29, 1.82) is 0 Å². The molecule has 346 valence electrons. The van der Waals surface area contributed by atoms with Gasteiger partial charge in [0, 0.05) is 50.9 Å². The molecule has 3 N–H and O–H groups in total. The Bertz CT molecular complexity index is 1530. The summed E-state index contributed by atoms with van der Waals surface area (Å²) >= 11 is 1.01. The minimum Gasteiger partial charge on any atom is -0.470 e. The average molecular weight is 883 g/mol. The van der Waals surface area contributed by atoms with Crippen LogP contribution in [0.1, 0.15) is 131 Å². The van der Waals surface area contributed by atoms with Crippen molar-refractivity contribution in [2.45, 2.75) is 167 Å². The van der Waals surface area contributed by atoms with Gasteiger partial charge >= 0.3 is 29.8 Å². The number of ether oxygens (including phenoxy) is 6. The van der Waals surface area contributed by atoms with E-state index in [9.17, 15) is 34.2 Å². The molecule has 17 nitrogen and oxygen atoms in total. The van der Waals surface area contributed by atoms with Gasteiger partial charge in [0.05, 0.1) is 50.0 Å². The first-order chi connectivity index (χ1) is 29.1. The number of carbonyl (C=O) groups excluding carboxylic acids is 5. The highest BCUT2D eigenvalue weighted by atomic mass is 32.1. The number of nitrogens with zero attached hydrogens (tertiary/aromatic N) is 3. The highest BCUT2D eigenvalue weighted by molar-refractivity contribution is 6.99. The van der Waals surface area contributed by atoms with Gasteiger partial charge in [0.15, 0.2) is 6.10 Å². The quantitative estimate of drug-likeness (QED) is 0.0348. The minimum atomic E-state index is -1.28. The molecule has 1 saturated heterocycles. The van der Waals surface area contributed by atoms with Crippen molar-refractivity contribution in [2.24, 2.45) is 11.8 Å². The topological polar surface area (TPSA) is 222 Å². The number of unbranched alkanes of at least 4 members (excludes halogenated alkanes) is 4. The molecular weight excluding hydrogens is 813 g/mol. The minimum absolute atomic E-state index is 0.0250. The molecule has 1 aromatic heterocycles. The predicted molar refractivity (Wildman–Crippen MR) is 227 cm³/mol. The molecule has 2 unspecified atom stereocenters. The zero-order chi connectivity index (χ0) is 44.8. The van der Waals surface area contributed by atoms with Gasteiger partial charge in [0.1, 0.15) is 18.8 Å². The van der Waals surface area contributed by atoms with Gasteiger partial charge in [-0.05, 0) is 72.1 Å². The fourth-order valence-corrected chi connectivity index (χ4v) is 7.78. The molecule has 61 heavy (non-hydrogen) atoms. The Labute approximate surface area is 364 Å². The van der Waals surface area contributed by atoms with Crippen molar-refractivity contribution < 1.29 is 62.6 Å². The summed E-state index contributed by atoms with van der Waals surface area (Å²) in [5.41, 5.74) is -0.291. The lowest BCUT2D eigenvalue weighted by Crippen LogP contribution is -2.45. The number of aliphatic hydroxyl groups is 2. The molecule has 0 aromatic carbocycles. The molecule has 0 spiro atoms. The van der Waals surface area contributed by atoms with E-state index in [2.05, 4.69) is 21.0 Å². The standard InChI is InChI=1S/C43H70N4O13S/c1-7-8-9-12-15-31(49)18-19-33-34(36(26-35(33)50)58-30(3)48)16-13-10-11-14-17-37(51)60-39(53)21-20-38(52)57-29(2)42(54)59-32(27-44-43(4,5)6)28-56-41-40(45-61-46-41)47-22-24-55-25-23-47/h10,13,29,31-36,44,49-50H,7-9,11-12,14-28H2,1-6H3/b13-10-/t29?,31-,32?,33+,34+,35+,36-/m1/s1. The number of aliphatic hydroxyl groups excluding tert-OH is 2. The van der Waals surface area contributed by atoms with E-state index in [0.29, 0.717) is 76.5 Å². The van der Waals surface area contributed by atoms with Gasteiger partial charge in [-0.25, -0.2) is 4.79 Å². The summed E-state index contributed by atoms with van der Waals surface area (Å²) in [7, 11) is 0. The maximum Gasteiger partial charge on any atom is 0.347 e. The fourth-order valence-electron chi connectivity index (χ4n) is 7.26.